The molecule has 2 aromatic carbocycles. The first-order chi connectivity index (χ1) is 12.6. The predicted molar refractivity (Wildman–Crippen MR) is 99.4 cm³/mol. The van der Waals surface area contributed by atoms with E-state index < -0.39 is 5.97 Å². The molecule has 0 aliphatic heterocycles. The van der Waals surface area contributed by atoms with Gasteiger partial charge in [0.05, 0.1) is 17.2 Å². The molecular formula is C21H22N2O3. The summed E-state index contributed by atoms with van der Waals surface area (Å²) in [5.41, 5.74) is 2.06. The molecule has 5 heteroatoms. The van der Waals surface area contributed by atoms with E-state index in [1.54, 1.807) is 48.5 Å². The molecule has 1 atom stereocenters. The largest absolute Gasteiger partial charge is 0.452 e. The molecule has 1 N–H and O–H groups in total. The minimum absolute atomic E-state index is 0.0426. The molecule has 134 valence electrons. The normalized spacial score (nSPS) is 11.3. The lowest BCUT2D eigenvalue weighted by atomic mass is 9.96. The Bertz CT molecular complexity index is 824. The standard InChI is InChI=1S/C21H22N2O3/c1-3-8-15(2)23-20(24)14-26-21(25)19-12-7-6-11-18(19)17-10-5-4-9-16(17)13-22/h4-7,9-12,15H,3,8,14H2,1-2H3,(H,23,24)/t15-/m0/s1. The number of rotatable bonds is 7. The van der Waals surface area contributed by atoms with Crippen LogP contribution in [0.5, 0.6) is 0 Å². The number of esters is 1. The average Bonchev–Trinajstić information content (AvgIpc) is 2.66. The summed E-state index contributed by atoms with van der Waals surface area (Å²) in [6.45, 7) is 3.62. The molecule has 0 aromatic heterocycles. The van der Waals surface area contributed by atoms with Crippen LogP contribution in [0.2, 0.25) is 0 Å². The number of nitrogens with zero attached hydrogens (tertiary/aromatic N) is 1. The Hall–Kier alpha value is -3.13. The van der Waals surface area contributed by atoms with Gasteiger partial charge in [0.25, 0.3) is 5.91 Å². The van der Waals surface area contributed by atoms with Gasteiger partial charge in [0.1, 0.15) is 0 Å². The summed E-state index contributed by atoms with van der Waals surface area (Å²) in [7, 11) is 0. The van der Waals surface area contributed by atoms with Crippen LogP contribution in [-0.2, 0) is 9.53 Å². The zero-order valence-electron chi connectivity index (χ0n) is 15.0. The fourth-order valence-electron chi connectivity index (χ4n) is 2.74. The second kappa shape index (κ2) is 9.38. The number of hydrogen-bond acceptors (Lipinski definition) is 4. The van der Waals surface area contributed by atoms with Crippen molar-refractivity contribution in [3.8, 4) is 17.2 Å². The summed E-state index contributed by atoms with van der Waals surface area (Å²) >= 11 is 0. The van der Waals surface area contributed by atoms with Gasteiger partial charge in [-0.05, 0) is 31.0 Å². The van der Waals surface area contributed by atoms with Gasteiger partial charge in [-0.2, -0.15) is 5.26 Å². The van der Waals surface area contributed by atoms with E-state index in [-0.39, 0.29) is 18.6 Å². The topological polar surface area (TPSA) is 79.2 Å². The third-order valence-electron chi connectivity index (χ3n) is 3.95. The van der Waals surface area contributed by atoms with Crippen molar-refractivity contribution >= 4 is 11.9 Å². The second-order valence-corrected chi connectivity index (χ2v) is 6.04. The molecule has 0 bridgehead atoms. The molecule has 2 rings (SSSR count). The van der Waals surface area contributed by atoms with Crippen molar-refractivity contribution in [3.63, 3.8) is 0 Å². The molecular weight excluding hydrogens is 328 g/mol. The minimum atomic E-state index is -0.591. The van der Waals surface area contributed by atoms with E-state index in [1.807, 2.05) is 13.8 Å². The highest BCUT2D eigenvalue weighted by molar-refractivity contribution is 5.98. The van der Waals surface area contributed by atoms with Gasteiger partial charge in [-0.15, -0.1) is 0 Å². The molecule has 0 aliphatic rings. The Kier molecular flexibility index (Phi) is 6.92. The first-order valence-corrected chi connectivity index (χ1v) is 8.61. The summed E-state index contributed by atoms with van der Waals surface area (Å²) in [5, 5.41) is 12.1. The number of nitriles is 1. The monoisotopic (exact) mass is 350 g/mol. The van der Waals surface area contributed by atoms with Crippen LogP contribution in [0.4, 0.5) is 0 Å². The van der Waals surface area contributed by atoms with Crippen LogP contribution in [-0.4, -0.2) is 24.5 Å². The van der Waals surface area contributed by atoms with Gasteiger partial charge in [-0.1, -0.05) is 49.7 Å². The summed E-state index contributed by atoms with van der Waals surface area (Å²) in [6, 6.07) is 16.1. The number of ether oxygens (including phenoxy) is 1. The summed E-state index contributed by atoms with van der Waals surface area (Å²) < 4.78 is 5.17. The highest BCUT2D eigenvalue weighted by atomic mass is 16.5. The van der Waals surface area contributed by atoms with Crippen molar-refractivity contribution in [2.75, 3.05) is 6.61 Å². The van der Waals surface area contributed by atoms with Gasteiger partial charge in [0.15, 0.2) is 6.61 Å². The van der Waals surface area contributed by atoms with E-state index >= 15 is 0 Å². The molecule has 0 saturated heterocycles. The number of amides is 1. The van der Waals surface area contributed by atoms with Crippen molar-refractivity contribution in [2.45, 2.75) is 32.7 Å². The molecule has 26 heavy (non-hydrogen) atoms. The van der Waals surface area contributed by atoms with Crippen molar-refractivity contribution < 1.29 is 14.3 Å². The molecule has 0 spiro atoms. The van der Waals surface area contributed by atoms with Crippen LogP contribution < -0.4 is 5.32 Å². The molecule has 0 radical (unpaired) electrons. The molecule has 5 nitrogen and oxygen atoms in total. The van der Waals surface area contributed by atoms with Gasteiger partial charge in [-0.25, -0.2) is 4.79 Å². The SMILES string of the molecule is CCC[C@H](C)NC(=O)COC(=O)c1ccccc1-c1ccccc1C#N. The van der Waals surface area contributed by atoms with E-state index in [1.165, 1.54) is 0 Å². The summed E-state index contributed by atoms with van der Waals surface area (Å²) in [6.07, 6.45) is 1.83. The van der Waals surface area contributed by atoms with Crippen molar-refractivity contribution in [2.24, 2.45) is 0 Å². The average molecular weight is 350 g/mol. The first-order valence-electron chi connectivity index (χ1n) is 8.61. The molecule has 0 unspecified atom stereocenters. The van der Waals surface area contributed by atoms with E-state index in [0.29, 0.717) is 22.3 Å². The van der Waals surface area contributed by atoms with Crippen molar-refractivity contribution in [1.29, 1.82) is 5.26 Å². The van der Waals surface area contributed by atoms with Gasteiger partial charge >= 0.3 is 5.97 Å². The quantitative estimate of drug-likeness (QED) is 0.773. The molecule has 1 amide bonds. The minimum Gasteiger partial charge on any atom is -0.452 e. The zero-order valence-corrected chi connectivity index (χ0v) is 15.0. The molecule has 2 aromatic rings. The highest BCUT2D eigenvalue weighted by Crippen LogP contribution is 2.27. The molecule has 0 fully saturated rings. The maximum Gasteiger partial charge on any atom is 0.339 e. The Morgan fingerprint density at radius 1 is 1.12 bits per heavy atom. The van der Waals surface area contributed by atoms with E-state index in [4.69, 9.17) is 4.74 Å². The maximum absolute atomic E-state index is 12.5. The van der Waals surface area contributed by atoms with Gasteiger partial charge in [0, 0.05) is 11.6 Å². The van der Waals surface area contributed by atoms with E-state index in [0.717, 1.165) is 12.8 Å². The Balaban J connectivity index is 2.13. The molecule has 0 saturated carbocycles. The van der Waals surface area contributed by atoms with E-state index in [2.05, 4.69) is 11.4 Å². The lowest BCUT2D eigenvalue weighted by molar-refractivity contribution is -0.124. The lowest BCUT2D eigenvalue weighted by Gasteiger charge is -2.14. The van der Waals surface area contributed by atoms with Crippen LogP contribution in [0.25, 0.3) is 11.1 Å². The van der Waals surface area contributed by atoms with Gasteiger partial charge in [-0.3, -0.25) is 4.79 Å². The predicted octanol–water partition coefficient (Wildman–Crippen LogP) is 3.69. The van der Waals surface area contributed by atoms with Gasteiger partial charge < -0.3 is 10.1 Å². The third-order valence-corrected chi connectivity index (χ3v) is 3.95. The van der Waals surface area contributed by atoms with Gasteiger partial charge in [0.2, 0.25) is 0 Å². The Morgan fingerprint density at radius 3 is 2.46 bits per heavy atom. The van der Waals surface area contributed by atoms with Crippen LogP contribution in [0.15, 0.2) is 48.5 Å². The van der Waals surface area contributed by atoms with Crippen LogP contribution in [0, 0.1) is 11.3 Å². The summed E-state index contributed by atoms with van der Waals surface area (Å²) in [4.78, 5) is 24.4. The van der Waals surface area contributed by atoms with Crippen LogP contribution in [0.1, 0.15) is 42.6 Å². The number of carbonyl (C=O) groups is 2. The first kappa shape index (κ1) is 19.2. The third kappa shape index (κ3) is 4.93. The number of nitrogens with one attached hydrogen (secondary N) is 1. The number of hydrogen-bond donors (Lipinski definition) is 1. The van der Waals surface area contributed by atoms with Crippen LogP contribution in [0.3, 0.4) is 0 Å². The lowest BCUT2D eigenvalue weighted by Crippen LogP contribution is -2.35. The van der Waals surface area contributed by atoms with Crippen molar-refractivity contribution in [1.82, 2.24) is 5.32 Å². The fraction of sp³-hybridized carbons (Fsp3) is 0.286. The molecule has 0 heterocycles. The van der Waals surface area contributed by atoms with Crippen LogP contribution >= 0.6 is 0 Å². The second-order valence-electron chi connectivity index (χ2n) is 6.04. The Labute approximate surface area is 153 Å². The number of carbonyl (C=O) groups excluding carboxylic acids is 2. The Morgan fingerprint density at radius 2 is 1.77 bits per heavy atom. The fourth-order valence-corrected chi connectivity index (χ4v) is 2.74. The van der Waals surface area contributed by atoms with Crippen molar-refractivity contribution in [3.05, 3.63) is 59.7 Å². The molecule has 0 aliphatic carbocycles. The number of benzene rings is 2. The van der Waals surface area contributed by atoms with E-state index in [9.17, 15) is 14.9 Å². The maximum atomic E-state index is 12.5. The zero-order chi connectivity index (χ0) is 18.9. The summed E-state index contributed by atoms with van der Waals surface area (Å²) in [5.74, 6) is -0.916. The highest BCUT2D eigenvalue weighted by Gasteiger charge is 2.17. The smallest absolute Gasteiger partial charge is 0.339 e.